The van der Waals surface area contributed by atoms with E-state index >= 15 is 0 Å². The van der Waals surface area contributed by atoms with Gasteiger partial charge in [-0.3, -0.25) is 10.1 Å². The molecule has 0 unspecified atom stereocenters. The minimum absolute atomic E-state index is 0. The lowest BCUT2D eigenvalue weighted by molar-refractivity contribution is -0.384. The second-order valence-corrected chi connectivity index (χ2v) is 7.67. The van der Waals surface area contributed by atoms with Crippen molar-refractivity contribution in [2.24, 2.45) is 0 Å². The minimum Gasteiger partial charge on any atom is -0.308 e. The van der Waals surface area contributed by atoms with Gasteiger partial charge < -0.3 is 9.80 Å². The number of aryl methyl sites for hydroxylation is 1. The van der Waals surface area contributed by atoms with Crippen LogP contribution < -0.4 is 0 Å². The molecule has 32 heavy (non-hydrogen) atoms. The number of hydrogen-bond donors (Lipinski definition) is 0. The number of aromatic nitrogens is 2. The van der Waals surface area contributed by atoms with Crippen molar-refractivity contribution in [2.75, 3.05) is 34.2 Å². The highest BCUT2D eigenvalue weighted by atomic mass is 35.5. The fraction of sp³-hybridized carbons (Fsp3) is 0.304. The van der Waals surface area contributed by atoms with Gasteiger partial charge in [-0.05, 0) is 28.1 Å². The molecule has 0 fully saturated rings. The molecule has 0 aliphatic carbocycles. The molecular weight excluding hydrogens is 449 g/mol. The zero-order valence-electron chi connectivity index (χ0n) is 18.7. The van der Waals surface area contributed by atoms with E-state index in [1.54, 1.807) is 12.1 Å². The van der Waals surface area contributed by atoms with E-state index in [4.69, 9.17) is 9.97 Å². The molecule has 0 saturated heterocycles. The van der Waals surface area contributed by atoms with E-state index in [9.17, 15) is 10.1 Å². The monoisotopic (exact) mass is 477 g/mol. The predicted molar refractivity (Wildman–Crippen MR) is 134 cm³/mol. The standard InChI is InChI=1S/C23H27N5O2.2ClH/c1-17-21(16-27(4)14-13-26(2)3)22(19-11-8-12-20(15-19)28(29)30)25-23(24-17)18-9-6-5-7-10-18;;/h5-12,15H,13-14,16H2,1-4H3;2*1H. The first-order chi connectivity index (χ1) is 14.3. The summed E-state index contributed by atoms with van der Waals surface area (Å²) in [6.45, 7) is 4.46. The van der Waals surface area contributed by atoms with Gasteiger partial charge in [0.2, 0.25) is 0 Å². The lowest BCUT2D eigenvalue weighted by Gasteiger charge is -2.22. The number of non-ortho nitro benzene ring substituents is 1. The summed E-state index contributed by atoms with van der Waals surface area (Å²) >= 11 is 0. The van der Waals surface area contributed by atoms with Gasteiger partial charge in [-0.2, -0.15) is 0 Å². The average Bonchev–Trinajstić information content (AvgIpc) is 2.74. The molecule has 7 nitrogen and oxygen atoms in total. The third-order valence-electron chi connectivity index (χ3n) is 4.93. The Morgan fingerprint density at radius 1 is 0.906 bits per heavy atom. The summed E-state index contributed by atoms with van der Waals surface area (Å²) in [5.74, 6) is 0.620. The van der Waals surface area contributed by atoms with E-state index in [0.29, 0.717) is 12.4 Å². The van der Waals surface area contributed by atoms with Gasteiger partial charge in [-0.15, -0.1) is 24.8 Å². The fourth-order valence-electron chi connectivity index (χ4n) is 3.23. The summed E-state index contributed by atoms with van der Waals surface area (Å²) in [5.41, 5.74) is 4.29. The van der Waals surface area contributed by atoms with Crippen molar-refractivity contribution in [2.45, 2.75) is 13.5 Å². The molecule has 0 atom stereocenters. The third kappa shape index (κ3) is 6.97. The highest BCUT2D eigenvalue weighted by Gasteiger charge is 2.18. The number of rotatable bonds is 8. The number of nitro benzene ring substituents is 1. The van der Waals surface area contributed by atoms with Gasteiger partial charge in [0.1, 0.15) is 0 Å². The van der Waals surface area contributed by atoms with Gasteiger partial charge in [0.25, 0.3) is 5.69 Å². The lowest BCUT2D eigenvalue weighted by atomic mass is 10.0. The molecule has 9 heteroatoms. The summed E-state index contributed by atoms with van der Waals surface area (Å²) in [7, 11) is 6.15. The first-order valence-corrected chi connectivity index (χ1v) is 9.86. The second-order valence-electron chi connectivity index (χ2n) is 7.67. The number of nitro groups is 1. The Labute approximate surface area is 201 Å². The lowest BCUT2D eigenvalue weighted by Crippen LogP contribution is -2.29. The van der Waals surface area contributed by atoms with Crippen molar-refractivity contribution in [3.63, 3.8) is 0 Å². The summed E-state index contributed by atoms with van der Waals surface area (Å²) in [4.78, 5) is 24.9. The average molecular weight is 478 g/mol. The molecule has 0 saturated carbocycles. The molecule has 2 aromatic carbocycles. The molecule has 0 N–H and O–H groups in total. The van der Waals surface area contributed by atoms with Crippen molar-refractivity contribution < 1.29 is 4.92 Å². The van der Waals surface area contributed by atoms with Crippen LogP contribution in [-0.2, 0) is 6.54 Å². The Morgan fingerprint density at radius 2 is 1.56 bits per heavy atom. The van der Waals surface area contributed by atoms with E-state index in [2.05, 4.69) is 16.8 Å². The second kappa shape index (κ2) is 12.5. The number of halogens is 2. The molecule has 172 valence electrons. The third-order valence-corrected chi connectivity index (χ3v) is 4.93. The van der Waals surface area contributed by atoms with Crippen molar-refractivity contribution >= 4 is 30.5 Å². The maximum atomic E-state index is 11.3. The van der Waals surface area contributed by atoms with Crippen LogP contribution in [0.2, 0.25) is 0 Å². The van der Waals surface area contributed by atoms with Crippen LogP contribution in [0, 0.1) is 17.0 Å². The number of nitrogens with zero attached hydrogens (tertiary/aromatic N) is 5. The van der Waals surface area contributed by atoms with Crippen LogP contribution in [0.1, 0.15) is 11.3 Å². The molecule has 3 aromatic rings. The Morgan fingerprint density at radius 3 is 2.19 bits per heavy atom. The molecule has 0 bridgehead atoms. The van der Waals surface area contributed by atoms with Gasteiger partial charge in [0, 0.05) is 54.2 Å². The maximum absolute atomic E-state index is 11.3. The molecule has 3 rings (SSSR count). The van der Waals surface area contributed by atoms with Gasteiger partial charge in [-0.1, -0.05) is 42.5 Å². The largest absolute Gasteiger partial charge is 0.308 e. The zero-order valence-corrected chi connectivity index (χ0v) is 20.3. The van der Waals surface area contributed by atoms with Crippen LogP contribution in [0.3, 0.4) is 0 Å². The normalized spacial score (nSPS) is 10.6. The van der Waals surface area contributed by atoms with Crippen molar-refractivity contribution in [3.8, 4) is 22.6 Å². The topological polar surface area (TPSA) is 75.4 Å². The maximum Gasteiger partial charge on any atom is 0.270 e. The predicted octanol–water partition coefficient (Wildman–Crippen LogP) is 4.86. The zero-order chi connectivity index (χ0) is 21.7. The van der Waals surface area contributed by atoms with E-state index in [0.717, 1.165) is 41.2 Å². The van der Waals surface area contributed by atoms with E-state index in [1.165, 1.54) is 6.07 Å². The summed E-state index contributed by atoms with van der Waals surface area (Å²) in [6, 6.07) is 16.4. The molecular formula is C23H29Cl2N5O2. The molecule has 0 spiro atoms. The Bertz CT molecular complexity index is 1030. The Kier molecular flexibility index (Phi) is 10.7. The molecule has 1 aromatic heterocycles. The molecule has 0 radical (unpaired) electrons. The smallest absolute Gasteiger partial charge is 0.270 e. The van der Waals surface area contributed by atoms with Crippen LogP contribution in [0.25, 0.3) is 22.6 Å². The summed E-state index contributed by atoms with van der Waals surface area (Å²) in [5, 5.41) is 11.3. The van der Waals surface area contributed by atoms with Crippen molar-refractivity contribution in [3.05, 3.63) is 76.0 Å². The highest BCUT2D eigenvalue weighted by Crippen LogP contribution is 2.30. The summed E-state index contributed by atoms with van der Waals surface area (Å²) < 4.78 is 0. The minimum atomic E-state index is -0.376. The molecule has 0 amide bonds. The number of hydrogen-bond acceptors (Lipinski definition) is 6. The summed E-state index contributed by atoms with van der Waals surface area (Å²) in [6.07, 6.45) is 0. The first-order valence-electron chi connectivity index (χ1n) is 9.86. The Hall–Kier alpha value is -2.58. The van der Waals surface area contributed by atoms with E-state index in [1.807, 2.05) is 57.4 Å². The highest BCUT2D eigenvalue weighted by molar-refractivity contribution is 5.85. The SMILES string of the molecule is Cc1nc(-c2ccccc2)nc(-c2cccc([N+](=O)[O-])c2)c1CN(C)CCN(C)C.Cl.Cl. The van der Waals surface area contributed by atoms with Crippen molar-refractivity contribution in [1.29, 1.82) is 0 Å². The number of likely N-dealkylation sites (N-methyl/N-ethyl adjacent to an activating group) is 2. The van der Waals surface area contributed by atoms with Gasteiger partial charge in [0.05, 0.1) is 10.6 Å². The Balaban J connectivity index is 0.00000256. The van der Waals surface area contributed by atoms with Gasteiger partial charge >= 0.3 is 0 Å². The van der Waals surface area contributed by atoms with Crippen LogP contribution in [0.15, 0.2) is 54.6 Å². The quantitative estimate of drug-likeness (QED) is 0.340. The van der Waals surface area contributed by atoms with Crippen LogP contribution in [0.5, 0.6) is 0 Å². The van der Waals surface area contributed by atoms with E-state index < -0.39 is 0 Å². The fourth-order valence-corrected chi connectivity index (χ4v) is 3.23. The first kappa shape index (κ1) is 27.5. The van der Waals surface area contributed by atoms with Crippen LogP contribution >= 0.6 is 24.8 Å². The van der Waals surface area contributed by atoms with Crippen molar-refractivity contribution in [1.82, 2.24) is 19.8 Å². The van der Waals surface area contributed by atoms with Crippen LogP contribution in [0.4, 0.5) is 5.69 Å². The molecule has 0 aliphatic heterocycles. The molecule has 0 aliphatic rings. The van der Waals surface area contributed by atoms with Crippen LogP contribution in [-0.4, -0.2) is 58.9 Å². The number of benzene rings is 2. The van der Waals surface area contributed by atoms with Gasteiger partial charge in [-0.25, -0.2) is 9.97 Å². The van der Waals surface area contributed by atoms with Gasteiger partial charge in [0.15, 0.2) is 5.82 Å². The molecule has 1 heterocycles. The van der Waals surface area contributed by atoms with E-state index in [-0.39, 0.29) is 35.4 Å².